The van der Waals surface area contributed by atoms with Gasteiger partial charge in [-0.1, -0.05) is 23.7 Å². The second kappa shape index (κ2) is 10.7. The number of phenols is 1. The fraction of sp³-hybridized carbons (Fsp3) is 0.471. The summed E-state index contributed by atoms with van der Waals surface area (Å²) in [4.78, 5) is 14.0. The number of anilines is 1. The van der Waals surface area contributed by atoms with Crippen molar-refractivity contribution in [2.45, 2.75) is 57.3 Å². The van der Waals surface area contributed by atoms with Crippen molar-refractivity contribution in [2.24, 2.45) is 5.41 Å². The highest BCUT2D eigenvalue weighted by Gasteiger charge is 2.46. The normalized spacial score (nSPS) is 24.5. The van der Waals surface area contributed by atoms with Crippen LogP contribution in [0.3, 0.4) is 0 Å². The van der Waals surface area contributed by atoms with E-state index < -0.39 is 12.0 Å². The highest BCUT2D eigenvalue weighted by Crippen LogP contribution is 2.47. The van der Waals surface area contributed by atoms with Gasteiger partial charge in [-0.15, -0.1) is 0 Å². The topological polar surface area (TPSA) is 73.8 Å². The maximum Gasteiger partial charge on any atom is 0.319 e. The summed E-state index contributed by atoms with van der Waals surface area (Å²) in [6.45, 7) is 5.92. The first-order chi connectivity index (χ1) is 21.2. The van der Waals surface area contributed by atoms with Gasteiger partial charge in [-0.2, -0.15) is 9.97 Å². The smallest absolute Gasteiger partial charge is 0.319 e. The minimum Gasteiger partial charge on any atom is -0.508 e. The fourth-order valence-corrected chi connectivity index (χ4v) is 7.73. The van der Waals surface area contributed by atoms with Crippen molar-refractivity contribution in [3.05, 3.63) is 52.8 Å². The maximum absolute atomic E-state index is 16.8. The van der Waals surface area contributed by atoms with Gasteiger partial charge in [0.05, 0.1) is 6.61 Å². The first kappa shape index (κ1) is 28.2. The van der Waals surface area contributed by atoms with Crippen LogP contribution in [0.25, 0.3) is 32.8 Å². The van der Waals surface area contributed by atoms with Crippen LogP contribution in [0.1, 0.15) is 37.7 Å². The van der Waals surface area contributed by atoms with E-state index in [9.17, 15) is 9.50 Å². The number of phenolic OH excluding ortho intramolecular Hbond substituents is 1. The van der Waals surface area contributed by atoms with Gasteiger partial charge in [0.15, 0.2) is 5.82 Å². The Hall–Kier alpha value is -3.27. The van der Waals surface area contributed by atoms with Crippen LogP contribution < -0.4 is 15.0 Å². The number of hydrogen-bond acceptors (Lipinski definition) is 7. The second-order valence-corrected chi connectivity index (χ2v) is 13.8. The first-order valence-corrected chi connectivity index (χ1v) is 16.1. The van der Waals surface area contributed by atoms with E-state index in [0.717, 1.165) is 68.2 Å². The molecule has 4 aliphatic rings. The van der Waals surface area contributed by atoms with Crippen LogP contribution in [0.15, 0.2) is 36.4 Å². The summed E-state index contributed by atoms with van der Waals surface area (Å²) >= 11 is 6.49. The molecule has 1 aromatic heterocycles. The molecule has 2 unspecified atom stereocenters. The minimum absolute atomic E-state index is 0.0456. The van der Waals surface area contributed by atoms with Crippen molar-refractivity contribution in [3.8, 4) is 22.9 Å². The number of alkyl halides is 1. The Morgan fingerprint density at radius 2 is 1.84 bits per heavy atom. The molecule has 3 saturated heterocycles. The molecule has 2 bridgehead atoms. The predicted molar refractivity (Wildman–Crippen MR) is 169 cm³/mol. The number of nitrogens with one attached hydrogen (secondary N) is 1. The number of fused-ring (bicyclic) bond motifs is 4. The largest absolute Gasteiger partial charge is 0.508 e. The molecule has 2 N–H and O–H groups in total. The molecule has 0 spiro atoms. The Labute approximate surface area is 260 Å². The zero-order valence-corrected chi connectivity index (χ0v) is 25.5. The van der Waals surface area contributed by atoms with Crippen LogP contribution in [-0.4, -0.2) is 77.6 Å². The quantitative estimate of drug-likeness (QED) is 0.248. The summed E-state index contributed by atoms with van der Waals surface area (Å²) in [7, 11) is 0. The molecule has 0 radical (unpaired) electrons. The van der Waals surface area contributed by atoms with Crippen LogP contribution in [0.4, 0.5) is 14.6 Å². The van der Waals surface area contributed by atoms with Crippen molar-refractivity contribution in [1.82, 2.24) is 20.2 Å². The number of hydrogen-bond donors (Lipinski definition) is 2. The average Bonchev–Trinajstić information content (AvgIpc) is 3.52. The summed E-state index contributed by atoms with van der Waals surface area (Å²) in [5, 5.41) is 17.0. The number of rotatable bonds is 7. The molecule has 10 heteroatoms. The van der Waals surface area contributed by atoms with E-state index in [0.29, 0.717) is 59.0 Å². The number of aromatic nitrogens is 2. The molecule has 8 rings (SSSR count). The van der Waals surface area contributed by atoms with E-state index >= 15 is 4.39 Å². The van der Waals surface area contributed by atoms with E-state index in [1.54, 1.807) is 24.3 Å². The molecule has 3 aliphatic heterocycles. The van der Waals surface area contributed by atoms with Gasteiger partial charge in [0.2, 0.25) is 0 Å². The van der Waals surface area contributed by atoms with Crippen LogP contribution in [0, 0.1) is 18.2 Å². The third-order valence-electron chi connectivity index (χ3n) is 10.1. The lowest BCUT2D eigenvalue weighted by atomic mass is 9.93. The lowest BCUT2D eigenvalue weighted by Gasteiger charge is -2.34. The summed E-state index contributed by atoms with van der Waals surface area (Å²) in [5.41, 5.74) is 1.83. The van der Waals surface area contributed by atoms with Crippen molar-refractivity contribution >= 4 is 39.1 Å². The van der Waals surface area contributed by atoms with Crippen molar-refractivity contribution < 1.29 is 18.6 Å². The second-order valence-electron chi connectivity index (χ2n) is 13.4. The zero-order valence-electron chi connectivity index (χ0n) is 24.8. The van der Waals surface area contributed by atoms with E-state index in [1.807, 2.05) is 19.1 Å². The third-order valence-corrected chi connectivity index (χ3v) is 10.5. The van der Waals surface area contributed by atoms with Crippen molar-refractivity contribution in [2.75, 3.05) is 44.2 Å². The van der Waals surface area contributed by atoms with Gasteiger partial charge in [0.1, 0.15) is 23.3 Å². The summed E-state index contributed by atoms with van der Waals surface area (Å²) < 4.78 is 36.9. The SMILES string of the molecule is Cc1c(Cl)ccc2cc(O)cc(-c3ccc4c(N5CC6CCC(C5)N6)nc(OCC5(CN6CC[C@H](F)C6)CC5)nc4c3F)c12. The number of ether oxygens (including phenoxy) is 1. The summed E-state index contributed by atoms with van der Waals surface area (Å²) in [6.07, 6.45) is 4.06. The lowest BCUT2D eigenvalue weighted by Crippen LogP contribution is -2.51. The maximum atomic E-state index is 16.8. The average molecular weight is 620 g/mol. The number of likely N-dealkylation sites (tertiary alicyclic amines) is 1. The van der Waals surface area contributed by atoms with Crippen LogP contribution >= 0.6 is 11.6 Å². The van der Waals surface area contributed by atoms with E-state index in [4.69, 9.17) is 21.3 Å². The summed E-state index contributed by atoms with van der Waals surface area (Å²) in [5.74, 6) is 0.232. The molecule has 4 aromatic rings. The molecule has 0 amide bonds. The molecule has 7 nitrogen and oxygen atoms in total. The molecule has 1 aliphatic carbocycles. The van der Waals surface area contributed by atoms with Gasteiger partial charge >= 0.3 is 6.01 Å². The van der Waals surface area contributed by atoms with Gasteiger partial charge in [0.25, 0.3) is 0 Å². The van der Waals surface area contributed by atoms with E-state index in [-0.39, 0.29) is 22.7 Å². The fourth-order valence-electron chi connectivity index (χ4n) is 7.57. The Bertz CT molecular complexity index is 1770. The van der Waals surface area contributed by atoms with Gasteiger partial charge in [-0.05, 0) is 85.2 Å². The number of benzene rings is 3. The number of nitrogens with zero attached hydrogens (tertiary/aromatic N) is 4. The Morgan fingerprint density at radius 3 is 2.57 bits per heavy atom. The monoisotopic (exact) mass is 619 g/mol. The van der Waals surface area contributed by atoms with E-state index in [2.05, 4.69) is 20.1 Å². The van der Waals surface area contributed by atoms with Gasteiger partial charge in [-0.25, -0.2) is 8.78 Å². The molecule has 44 heavy (non-hydrogen) atoms. The first-order valence-electron chi connectivity index (χ1n) is 15.7. The standard InChI is InChI=1S/C34H36ClF2N5O2/c1-19-28(35)7-2-20-12-24(43)13-27(29(19)20)25-5-6-26-31(30(25)37)39-33(40-32(26)42-15-22-3-4-23(16-42)38-22)44-18-34(9-10-34)17-41-11-8-21(36)14-41/h2,5-7,12-13,21-23,38,43H,3-4,8-11,14-18H2,1H3/t21-,22?,23?/m0/s1. The summed E-state index contributed by atoms with van der Waals surface area (Å²) in [6, 6.07) is 11.4. The molecule has 1 saturated carbocycles. The van der Waals surface area contributed by atoms with Crippen molar-refractivity contribution in [1.29, 1.82) is 0 Å². The Morgan fingerprint density at radius 1 is 1.05 bits per heavy atom. The highest BCUT2D eigenvalue weighted by molar-refractivity contribution is 6.32. The van der Waals surface area contributed by atoms with Gasteiger partial charge in [0, 0.05) is 66.2 Å². The van der Waals surface area contributed by atoms with Crippen molar-refractivity contribution in [3.63, 3.8) is 0 Å². The molecule has 4 fully saturated rings. The highest BCUT2D eigenvalue weighted by atomic mass is 35.5. The Kier molecular flexibility index (Phi) is 6.84. The number of halogens is 3. The molecule has 230 valence electrons. The molecular formula is C34H36ClF2N5O2. The molecule has 4 heterocycles. The third kappa shape index (κ3) is 5.03. The van der Waals surface area contributed by atoms with Crippen LogP contribution in [0.2, 0.25) is 5.02 Å². The predicted octanol–water partition coefficient (Wildman–Crippen LogP) is 6.40. The lowest BCUT2D eigenvalue weighted by molar-refractivity contribution is 0.165. The van der Waals surface area contributed by atoms with Crippen LogP contribution in [-0.2, 0) is 0 Å². The van der Waals surface area contributed by atoms with Crippen LogP contribution in [0.5, 0.6) is 11.8 Å². The zero-order chi connectivity index (χ0) is 30.2. The molecule has 3 aromatic carbocycles. The number of piperazine rings is 1. The van der Waals surface area contributed by atoms with E-state index in [1.165, 1.54) is 0 Å². The molecule has 3 atom stereocenters. The number of aryl methyl sites for hydroxylation is 1. The number of aromatic hydroxyl groups is 1. The Balaban J connectivity index is 1.21. The minimum atomic E-state index is -0.756. The molecular weight excluding hydrogens is 584 g/mol. The van der Waals surface area contributed by atoms with Gasteiger partial charge in [-0.3, -0.25) is 4.90 Å². The van der Waals surface area contributed by atoms with Gasteiger partial charge < -0.3 is 20.1 Å².